The number of thioether (sulfide) groups is 1. The molecule has 0 aliphatic rings. The number of ether oxygens (including phenoxy) is 1. The van der Waals surface area contributed by atoms with E-state index in [1.165, 1.54) is 11.8 Å². The minimum absolute atomic E-state index is 0.251. The molecule has 0 fully saturated rings. The second-order valence-corrected chi connectivity index (χ2v) is 11.5. The fourth-order valence-corrected chi connectivity index (χ4v) is 5.42. The van der Waals surface area contributed by atoms with Crippen LogP contribution in [0.15, 0.2) is 53.4 Å². The van der Waals surface area contributed by atoms with Crippen LogP contribution in [0.4, 0.5) is 11.4 Å². The standard InChI is InChI=1S/C28H24Cl4N2O6S/c1-3-4-12-40-28(39)15-8-10-16(11-9-15)33-25(35)14(2)41-18-7-5-6-17(13-18)34-26(36)19-20(27(37)38)22(30)24(32)23(31)21(19)29/h5-11,13-14H,3-4,12H2,1-2H3,(H,33,35)(H,34,36)(H,37,38). The number of halogens is 4. The molecule has 0 aromatic heterocycles. The van der Waals surface area contributed by atoms with Crippen molar-refractivity contribution in [3.63, 3.8) is 0 Å². The maximum atomic E-state index is 13.0. The van der Waals surface area contributed by atoms with Crippen molar-refractivity contribution in [3.05, 3.63) is 85.3 Å². The molecule has 0 saturated heterocycles. The van der Waals surface area contributed by atoms with Crippen LogP contribution in [0.3, 0.4) is 0 Å². The number of carboxylic acids is 1. The van der Waals surface area contributed by atoms with Crippen LogP contribution in [-0.2, 0) is 9.53 Å². The molecule has 3 aromatic carbocycles. The van der Waals surface area contributed by atoms with Gasteiger partial charge in [0.05, 0.1) is 48.6 Å². The first kappa shape index (κ1) is 32.6. The third-order valence-corrected chi connectivity index (χ3v) is 8.50. The maximum absolute atomic E-state index is 13.0. The van der Waals surface area contributed by atoms with Gasteiger partial charge in [-0.2, -0.15) is 0 Å². The molecule has 3 rings (SSSR count). The highest BCUT2D eigenvalue weighted by atomic mass is 35.5. The Labute approximate surface area is 260 Å². The van der Waals surface area contributed by atoms with E-state index in [1.807, 2.05) is 6.92 Å². The van der Waals surface area contributed by atoms with Crippen molar-refractivity contribution in [1.29, 1.82) is 0 Å². The zero-order valence-electron chi connectivity index (χ0n) is 21.7. The first-order chi connectivity index (χ1) is 19.4. The highest BCUT2D eigenvalue weighted by Crippen LogP contribution is 2.42. The number of unbranched alkanes of at least 4 members (excludes halogenated alkanes) is 1. The average Bonchev–Trinajstić information content (AvgIpc) is 2.94. The van der Waals surface area contributed by atoms with E-state index in [4.69, 9.17) is 51.1 Å². The second-order valence-electron chi connectivity index (χ2n) is 8.61. The molecule has 3 aromatic rings. The Morgan fingerprint density at radius 2 is 1.51 bits per heavy atom. The van der Waals surface area contributed by atoms with Crippen LogP contribution in [0.1, 0.15) is 57.8 Å². The number of anilines is 2. The third-order valence-electron chi connectivity index (χ3n) is 5.60. The second kappa shape index (κ2) is 14.8. The lowest BCUT2D eigenvalue weighted by Gasteiger charge is -2.15. The summed E-state index contributed by atoms with van der Waals surface area (Å²) >= 11 is 25.4. The van der Waals surface area contributed by atoms with Crippen molar-refractivity contribution < 1.29 is 29.0 Å². The summed E-state index contributed by atoms with van der Waals surface area (Å²) in [6, 6.07) is 13.0. The monoisotopic (exact) mass is 656 g/mol. The van der Waals surface area contributed by atoms with Crippen molar-refractivity contribution in [3.8, 4) is 0 Å². The molecule has 1 atom stereocenters. The molecule has 0 radical (unpaired) electrons. The molecule has 13 heteroatoms. The molecule has 2 amide bonds. The first-order valence-electron chi connectivity index (χ1n) is 12.2. The Balaban J connectivity index is 1.67. The number of amides is 2. The predicted molar refractivity (Wildman–Crippen MR) is 163 cm³/mol. The van der Waals surface area contributed by atoms with E-state index >= 15 is 0 Å². The molecule has 0 aliphatic carbocycles. The molecular weight excluding hydrogens is 634 g/mol. The SMILES string of the molecule is CCCCOC(=O)c1ccc(NC(=O)C(C)Sc2cccc(NC(=O)c3c(Cl)c(Cl)c(Cl)c(Cl)c3C(=O)O)c2)cc1. The summed E-state index contributed by atoms with van der Waals surface area (Å²) < 4.78 is 5.18. The van der Waals surface area contributed by atoms with Crippen molar-refractivity contribution in [1.82, 2.24) is 0 Å². The van der Waals surface area contributed by atoms with Crippen molar-refractivity contribution in [2.75, 3.05) is 17.2 Å². The summed E-state index contributed by atoms with van der Waals surface area (Å²) in [5, 5.41) is 13.1. The number of carbonyl (C=O) groups excluding carboxylic acids is 3. The molecule has 1 unspecified atom stereocenters. The normalized spacial score (nSPS) is 11.5. The van der Waals surface area contributed by atoms with Gasteiger partial charge >= 0.3 is 11.9 Å². The summed E-state index contributed by atoms with van der Waals surface area (Å²) in [4.78, 5) is 50.3. The number of carboxylic acid groups (broad SMARTS) is 1. The molecular formula is C28H24Cl4N2O6S. The lowest BCUT2D eigenvalue weighted by atomic mass is 10.1. The fraction of sp³-hybridized carbons (Fsp3) is 0.214. The quantitative estimate of drug-likeness (QED) is 0.0623. The zero-order chi connectivity index (χ0) is 30.3. The smallest absolute Gasteiger partial charge is 0.338 e. The van der Waals surface area contributed by atoms with Gasteiger partial charge in [0.1, 0.15) is 0 Å². The van der Waals surface area contributed by atoms with E-state index in [9.17, 15) is 24.3 Å². The minimum Gasteiger partial charge on any atom is -0.478 e. The van der Waals surface area contributed by atoms with Crippen LogP contribution in [-0.4, -0.2) is 40.7 Å². The maximum Gasteiger partial charge on any atom is 0.338 e. The summed E-state index contributed by atoms with van der Waals surface area (Å²) in [7, 11) is 0. The van der Waals surface area contributed by atoms with Gasteiger partial charge in [0.25, 0.3) is 5.91 Å². The molecule has 0 spiro atoms. The van der Waals surface area contributed by atoms with Crippen molar-refractivity contribution in [2.45, 2.75) is 36.8 Å². The topological polar surface area (TPSA) is 122 Å². The number of aromatic carboxylic acids is 1. The Kier molecular flexibility index (Phi) is 11.7. The van der Waals surface area contributed by atoms with E-state index in [2.05, 4.69) is 10.6 Å². The van der Waals surface area contributed by atoms with Crippen LogP contribution in [0, 0.1) is 0 Å². The number of hydrogen-bond donors (Lipinski definition) is 3. The molecule has 0 bridgehead atoms. The number of carbonyl (C=O) groups is 4. The summed E-state index contributed by atoms with van der Waals surface area (Å²) in [5.41, 5.74) is 0.189. The lowest BCUT2D eigenvalue weighted by molar-refractivity contribution is -0.115. The van der Waals surface area contributed by atoms with Crippen LogP contribution in [0.2, 0.25) is 20.1 Å². The largest absolute Gasteiger partial charge is 0.478 e. The molecule has 41 heavy (non-hydrogen) atoms. The molecule has 8 nitrogen and oxygen atoms in total. The minimum atomic E-state index is -1.51. The fourth-order valence-electron chi connectivity index (χ4n) is 3.47. The van der Waals surface area contributed by atoms with Crippen LogP contribution in [0.5, 0.6) is 0 Å². The molecule has 0 saturated carbocycles. The number of benzene rings is 3. The highest BCUT2D eigenvalue weighted by Gasteiger charge is 2.29. The zero-order valence-corrected chi connectivity index (χ0v) is 25.6. The van der Waals surface area contributed by atoms with Crippen LogP contribution in [0.25, 0.3) is 0 Å². The Hall–Kier alpha value is -2.95. The third kappa shape index (κ3) is 8.30. The number of esters is 1. The van der Waals surface area contributed by atoms with Gasteiger partial charge in [0.2, 0.25) is 5.91 Å². The number of nitrogens with one attached hydrogen (secondary N) is 2. The van der Waals surface area contributed by atoms with Gasteiger partial charge in [-0.1, -0.05) is 65.8 Å². The van der Waals surface area contributed by atoms with E-state index in [-0.39, 0.29) is 21.0 Å². The van der Waals surface area contributed by atoms with Gasteiger partial charge in [0.15, 0.2) is 0 Å². The van der Waals surface area contributed by atoms with E-state index in [0.717, 1.165) is 12.8 Å². The molecule has 216 valence electrons. The van der Waals surface area contributed by atoms with Crippen LogP contribution < -0.4 is 10.6 Å². The van der Waals surface area contributed by atoms with Crippen LogP contribution >= 0.6 is 58.2 Å². The average molecular weight is 658 g/mol. The van der Waals surface area contributed by atoms with E-state index in [0.29, 0.717) is 28.4 Å². The van der Waals surface area contributed by atoms with E-state index < -0.39 is 39.2 Å². The summed E-state index contributed by atoms with van der Waals surface area (Å²) in [5.74, 6) is -3.08. The molecule has 0 aliphatic heterocycles. The highest BCUT2D eigenvalue weighted by molar-refractivity contribution is 8.00. The first-order valence-corrected chi connectivity index (χ1v) is 14.6. The number of rotatable bonds is 11. The lowest BCUT2D eigenvalue weighted by Crippen LogP contribution is -2.22. The van der Waals surface area contributed by atoms with Gasteiger partial charge in [0, 0.05) is 16.3 Å². The molecule has 3 N–H and O–H groups in total. The van der Waals surface area contributed by atoms with Crippen molar-refractivity contribution >= 4 is 93.3 Å². The Bertz CT molecular complexity index is 1480. The van der Waals surface area contributed by atoms with Gasteiger partial charge in [-0.3, -0.25) is 9.59 Å². The number of hydrogen-bond acceptors (Lipinski definition) is 6. The predicted octanol–water partition coefficient (Wildman–Crippen LogP) is 8.33. The Morgan fingerprint density at radius 3 is 2.12 bits per heavy atom. The van der Waals surface area contributed by atoms with Gasteiger partial charge in [-0.25, -0.2) is 9.59 Å². The molecule has 0 heterocycles. The Morgan fingerprint density at radius 1 is 0.878 bits per heavy atom. The van der Waals surface area contributed by atoms with Crippen molar-refractivity contribution in [2.24, 2.45) is 0 Å². The summed E-state index contributed by atoms with van der Waals surface area (Å²) in [6.45, 7) is 4.07. The van der Waals surface area contributed by atoms with Gasteiger partial charge in [-0.05, 0) is 55.8 Å². The van der Waals surface area contributed by atoms with Gasteiger partial charge in [-0.15, -0.1) is 11.8 Å². The van der Waals surface area contributed by atoms with E-state index in [1.54, 1.807) is 55.5 Å². The summed E-state index contributed by atoms with van der Waals surface area (Å²) in [6.07, 6.45) is 1.71. The van der Waals surface area contributed by atoms with Gasteiger partial charge < -0.3 is 20.5 Å².